The smallest absolute Gasteiger partial charge is 0.139 e. The van der Waals surface area contributed by atoms with Gasteiger partial charge in [0.1, 0.15) is 11.0 Å². The third-order valence-corrected chi connectivity index (χ3v) is 2.51. The number of aromatic nitrogens is 1. The summed E-state index contributed by atoms with van der Waals surface area (Å²) in [4.78, 5) is 4.08. The van der Waals surface area contributed by atoms with E-state index in [4.69, 9.17) is 17.3 Å². The maximum Gasteiger partial charge on any atom is 0.139 e. The molecule has 0 spiro atoms. The first-order chi connectivity index (χ1) is 7.38. The van der Waals surface area contributed by atoms with Crippen LogP contribution in [0, 0.1) is 0 Å². The molecule has 0 aliphatic rings. The molecule has 1 aromatic rings. The summed E-state index contributed by atoms with van der Waals surface area (Å²) in [5.41, 5.74) is 6.75. The fraction of sp³-hybridized carbons (Fsp3) is 0.417. The molecule has 1 rings (SSSR count). The third-order valence-electron chi connectivity index (χ3n) is 2.21. The van der Waals surface area contributed by atoms with E-state index in [0.29, 0.717) is 11.0 Å². The van der Waals surface area contributed by atoms with Gasteiger partial charge < -0.3 is 10.3 Å². The molecule has 0 aliphatic heterocycles. The van der Waals surface area contributed by atoms with Crippen LogP contribution in [0.15, 0.2) is 29.5 Å². The van der Waals surface area contributed by atoms with Crippen LogP contribution >= 0.6 is 11.6 Å². The van der Waals surface area contributed by atoms with Crippen LogP contribution in [0.25, 0.3) is 0 Å². The fourth-order valence-corrected chi connectivity index (χ4v) is 1.63. The van der Waals surface area contributed by atoms with Crippen molar-refractivity contribution >= 4 is 22.6 Å². The lowest BCUT2D eigenvalue weighted by Crippen LogP contribution is -2.22. The molecule has 88 valence electrons. The van der Waals surface area contributed by atoms with Gasteiger partial charge in [0.25, 0.3) is 0 Å². The van der Waals surface area contributed by atoms with Crippen LogP contribution in [0.3, 0.4) is 0 Å². The molecule has 16 heavy (non-hydrogen) atoms. The highest BCUT2D eigenvalue weighted by molar-refractivity contribution is 6.70. The van der Waals surface area contributed by atoms with E-state index in [1.165, 1.54) is 0 Å². The van der Waals surface area contributed by atoms with Crippen LogP contribution in [0.2, 0.25) is 0 Å². The van der Waals surface area contributed by atoms with E-state index in [2.05, 4.69) is 25.8 Å². The van der Waals surface area contributed by atoms with Gasteiger partial charge in [0.2, 0.25) is 0 Å². The largest absolute Gasteiger partial charge is 0.384 e. The predicted octanol–water partition coefficient (Wildman–Crippen LogP) is 3.34. The number of hydrogen-bond acceptors (Lipinski definition) is 2. The van der Waals surface area contributed by atoms with Gasteiger partial charge in [-0.15, -0.1) is 0 Å². The lowest BCUT2D eigenvalue weighted by atomic mass is 10.1. The minimum Gasteiger partial charge on any atom is -0.384 e. The molecule has 0 amide bonds. The van der Waals surface area contributed by atoms with E-state index in [1.54, 1.807) is 6.20 Å². The van der Waals surface area contributed by atoms with Crippen molar-refractivity contribution in [2.45, 2.75) is 33.2 Å². The van der Waals surface area contributed by atoms with Gasteiger partial charge in [-0.3, -0.25) is 0 Å². The Hall–Kier alpha value is -1.22. The molecule has 1 aromatic heterocycles. The van der Waals surface area contributed by atoms with Crippen molar-refractivity contribution in [3.8, 4) is 0 Å². The van der Waals surface area contributed by atoms with Gasteiger partial charge in [0, 0.05) is 17.9 Å². The summed E-state index contributed by atoms with van der Waals surface area (Å²) in [7, 11) is 0. The average Bonchev–Trinajstić information content (AvgIpc) is 2.56. The lowest BCUT2D eigenvalue weighted by molar-refractivity contribution is 0.404. The summed E-state index contributed by atoms with van der Waals surface area (Å²) >= 11 is 6.06. The van der Waals surface area contributed by atoms with Gasteiger partial charge >= 0.3 is 0 Å². The molecule has 0 aromatic carbocycles. The van der Waals surface area contributed by atoms with Gasteiger partial charge in [-0.2, -0.15) is 0 Å². The quantitative estimate of drug-likeness (QED) is 0.791. The topological polar surface area (TPSA) is 43.3 Å². The molecule has 2 N–H and O–H groups in total. The normalized spacial score (nSPS) is 13.7. The zero-order chi connectivity index (χ0) is 12.3. The van der Waals surface area contributed by atoms with E-state index in [-0.39, 0.29) is 5.54 Å². The molecule has 1 heterocycles. The van der Waals surface area contributed by atoms with Crippen molar-refractivity contribution in [1.82, 2.24) is 4.57 Å². The van der Waals surface area contributed by atoms with Crippen molar-refractivity contribution in [1.29, 1.82) is 0 Å². The standard InChI is InChI=1S/C12H18ClN3/c1-5-7-15-10(13)9-6-8-16(11(9)14)12(2,3)4/h5-8H,14H2,1-4H3/b7-5-,15-10?. The molecule has 0 atom stereocenters. The zero-order valence-corrected chi connectivity index (χ0v) is 10.9. The maximum atomic E-state index is 6.06. The van der Waals surface area contributed by atoms with Crippen LogP contribution in [0.5, 0.6) is 0 Å². The molecule has 0 aliphatic carbocycles. The first-order valence-electron chi connectivity index (χ1n) is 5.20. The Morgan fingerprint density at radius 2 is 2.12 bits per heavy atom. The number of nitrogens with two attached hydrogens (primary N) is 1. The zero-order valence-electron chi connectivity index (χ0n) is 10.2. The summed E-state index contributed by atoms with van der Waals surface area (Å²) in [6.07, 6.45) is 5.40. The Labute approximate surface area is 102 Å². The molecular weight excluding hydrogens is 222 g/mol. The van der Waals surface area contributed by atoms with Gasteiger partial charge in [-0.05, 0) is 33.8 Å². The number of hydrogen-bond donors (Lipinski definition) is 1. The van der Waals surface area contributed by atoms with Crippen molar-refractivity contribution in [2.75, 3.05) is 5.73 Å². The second-order valence-corrected chi connectivity index (χ2v) is 4.92. The molecule has 0 radical (unpaired) electrons. The number of allylic oxidation sites excluding steroid dienone is 1. The van der Waals surface area contributed by atoms with Gasteiger partial charge in [0.15, 0.2) is 0 Å². The summed E-state index contributed by atoms with van der Waals surface area (Å²) in [5.74, 6) is 0.644. The average molecular weight is 240 g/mol. The van der Waals surface area contributed by atoms with Gasteiger partial charge in [0.05, 0.1) is 5.56 Å². The van der Waals surface area contributed by atoms with Crippen molar-refractivity contribution in [3.63, 3.8) is 0 Å². The van der Waals surface area contributed by atoms with Crippen LogP contribution < -0.4 is 5.73 Å². The monoisotopic (exact) mass is 239 g/mol. The van der Waals surface area contributed by atoms with Crippen molar-refractivity contribution < 1.29 is 0 Å². The molecule has 0 saturated heterocycles. The first-order valence-corrected chi connectivity index (χ1v) is 5.58. The van der Waals surface area contributed by atoms with E-state index in [1.807, 2.05) is 29.8 Å². The maximum absolute atomic E-state index is 6.06. The number of nitrogens with zero attached hydrogens (tertiary/aromatic N) is 2. The van der Waals surface area contributed by atoms with Crippen LogP contribution in [0.4, 0.5) is 5.82 Å². The number of nitrogen functional groups attached to an aromatic ring is 1. The minimum atomic E-state index is -0.0555. The SMILES string of the molecule is C/C=C\N=C(Cl)c1ccn(C(C)(C)C)c1N. The van der Waals surface area contributed by atoms with Crippen LogP contribution in [0.1, 0.15) is 33.3 Å². The van der Waals surface area contributed by atoms with Crippen LogP contribution in [-0.2, 0) is 5.54 Å². The summed E-state index contributed by atoms with van der Waals surface area (Å²) in [6, 6.07) is 1.88. The van der Waals surface area contributed by atoms with E-state index in [0.717, 1.165) is 5.56 Å². The number of anilines is 1. The Morgan fingerprint density at radius 1 is 1.50 bits per heavy atom. The molecule has 0 bridgehead atoms. The molecule has 4 heteroatoms. The highest BCUT2D eigenvalue weighted by Gasteiger charge is 2.18. The van der Waals surface area contributed by atoms with E-state index < -0.39 is 0 Å². The second-order valence-electron chi connectivity index (χ2n) is 4.56. The highest BCUT2D eigenvalue weighted by atomic mass is 35.5. The highest BCUT2D eigenvalue weighted by Crippen LogP contribution is 2.24. The minimum absolute atomic E-state index is 0.0555. The van der Waals surface area contributed by atoms with E-state index in [9.17, 15) is 0 Å². The number of rotatable bonds is 2. The Morgan fingerprint density at radius 3 is 2.56 bits per heavy atom. The first kappa shape index (κ1) is 12.8. The molecule has 0 fully saturated rings. The number of halogens is 1. The molecular formula is C12H18ClN3. The van der Waals surface area contributed by atoms with Crippen molar-refractivity contribution in [2.24, 2.45) is 4.99 Å². The molecule has 3 nitrogen and oxygen atoms in total. The fourth-order valence-electron chi connectivity index (χ4n) is 1.41. The lowest BCUT2D eigenvalue weighted by Gasteiger charge is -2.23. The molecule has 0 saturated carbocycles. The Kier molecular flexibility index (Phi) is 3.81. The summed E-state index contributed by atoms with van der Waals surface area (Å²) in [5, 5.41) is 0.415. The summed E-state index contributed by atoms with van der Waals surface area (Å²) in [6.45, 7) is 8.15. The molecule has 0 unspecified atom stereocenters. The van der Waals surface area contributed by atoms with Gasteiger partial charge in [-0.25, -0.2) is 4.99 Å². The Balaban J connectivity index is 3.15. The number of aliphatic imine (C=N–C) groups is 1. The van der Waals surface area contributed by atoms with E-state index >= 15 is 0 Å². The predicted molar refractivity (Wildman–Crippen MR) is 71.0 cm³/mol. The second kappa shape index (κ2) is 4.74. The van der Waals surface area contributed by atoms with Gasteiger partial charge in [-0.1, -0.05) is 17.7 Å². The summed E-state index contributed by atoms with van der Waals surface area (Å²) < 4.78 is 1.98. The third kappa shape index (κ3) is 2.67. The van der Waals surface area contributed by atoms with Crippen molar-refractivity contribution in [3.05, 3.63) is 30.1 Å². The van der Waals surface area contributed by atoms with Crippen LogP contribution in [-0.4, -0.2) is 9.74 Å². The Bertz CT molecular complexity index is 422.